The van der Waals surface area contributed by atoms with Crippen molar-refractivity contribution >= 4 is 35.8 Å². The van der Waals surface area contributed by atoms with E-state index in [2.05, 4.69) is 50.6 Å². The monoisotopic (exact) mass is 392 g/mol. The minimum absolute atomic E-state index is 0. The van der Waals surface area contributed by atoms with Crippen molar-refractivity contribution in [2.24, 2.45) is 5.92 Å². The minimum atomic E-state index is 0. The Hall–Kier alpha value is -1.62. The SMILES string of the molecule is Cl.Cl.c1nc2cc(-c3ccc(CNCC4CCCCC4)nc3)ccc2[nH]1. The Morgan fingerprint density at radius 2 is 1.77 bits per heavy atom. The summed E-state index contributed by atoms with van der Waals surface area (Å²) >= 11 is 0. The van der Waals surface area contributed by atoms with E-state index in [9.17, 15) is 0 Å². The zero-order chi connectivity index (χ0) is 16.2. The molecule has 2 N–H and O–H groups in total. The number of rotatable bonds is 5. The molecule has 1 aromatic carbocycles. The predicted molar refractivity (Wildman–Crippen MR) is 112 cm³/mol. The molecular formula is C20H26Cl2N4. The first-order valence-electron chi connectivity index (χ1n) is 8.98. The molecule has 2 heterocycles. The Bertz CT molecular complexity index is 795. The standard InChI is InChI=1S/C20H24N4.2ClH/c1-2-4-15(5-3-1)11-21-13-18-8-6-17(12-22-18)16-7-9-19-20(10-16)24-14-23-19;;/h6-10,12,14-15,21H,1-5,11,13H2,(H,23,24);2*1H. The molecule has 1 saturated carbocycles. The number of benzene rings is 1. The molecule has 140 valence electrons. The van der Waals surface area contributed by atoms with E-state index in [4.69, 9.17) is 0 Å². The van der Waals surface area contributed by atoms with E-state index in [0.29, 0.717) is 0 Å². The molecule has 0 spiro atoms. The molecule has 2 aromatic heterocycles. The smallest absolute Gasteiger partial charge is 0.0931 e. The molecule has 0 atom stereocenters. The van der Waals surface area contributed by atoms with Crippen molar-refractivity contribution in [2.75, 3.05) is 6.54 Å². The number of nitrogens with one attached hydrogen (secondary N) is 2. The zero-order valence-corrected chi connectivity index (χ0v) is 16.4. The largest absolute Gasteiger partial charge is 0.345 e. The van der Waals surface area contributed by atoms with Crippen LogP contribution in [-0.4, -0.2) is 21.5 Å². The van der Waals surface area contributed by atoms with Gasteiger partial charge in [0.25, 0.3) is 0 Å². The molecule has 0 saturated heterocycles. The van der Waals surface area contributed by atoms with E-state index in [0.717, 1.165) is 46.9 Å². The average Bonchev–Trinajstić information content (AvgIpc) is 3.11. The van der Waals surface area contributed by atoms with Gasteiger partial charge in [-0.1, -0.05) is 31.4 Å². The van der Waals surface area contributed by atoms with Gasteiger partial charge in [0.2, 0.25) is 0 Å². The molecule has 0 bridgehead atoms. The number of aromatic amines is 1. The molecule has 26 heavy (non-hydrogen) atoms. The van der Waals surface area contributed by atoms with Gasteiger partial charge in [0.15, 0.2) is 0 Å². The number of imidazole rings is 1. The molecule has 0 radical (unpaired) electrons. The van der Waals surface area contributed by atoms with Crippen molar-refractivity contribution in [3.63, 3.8) is 0 Å². The number of aromatic nitrogens is 3. The quantitative estimate of drug-likeness (QED) is 0.631. The minimum Gasteiger partial charge on any atom is -0.345 e. The Kier molecular flexibility index (Phi) is 7.88. The van der Waals surface area contributed by atoms with Crippen molar-refractivity contribution in [1.29, 1.82) is 0 Å². The van der Waals surface area contributed by atoms with E-state index in [-0.39, 0.29) is 24.8 Å². The van der Waals surface area contributed by atoms with Crippen molar-refractivity contribution in [1.82, 2.24) is 20.3 Å². The van der Waals surface area contributed by atoms with Crippen molar-refractivity contribution in [3.8, 4) is 11.1 Å². The second-order valence-electron chi connectivity index (χ2n) is 6.81. The van der Waals surface area contributed by atoms with Crippen LogP contribution in [0.4, 0.5) is 0 Å². The van der Waals surface area contributed by atoms with Crippen LogP contribution < -0.4 is 5.32 Å². The molecule has 1 fully saturated rings. The first-order chi connectivity index (χ1) is 11.9. The highest BCUT2D eigenvalue weighted by Gasteiger charge is 2.12. The summed E-state index contributed by atoms with van der Waals surface area (Å²) in [5.41, 5.74) is 5.45. The number of hydrogen-bond donors (Lipinski definition) is 2. The normalized spacial score (nSPS) is 14.6. The lowest BCUT2D eigenvalue weighted by Gasteiger charge is -2.21. The highest BCUT2D eigenvalue weighted by Crippen LogP contribution is 2.23. The van der Waals surface area contributed by atoms with Gasteiger partial charge in [-0.15, -0.1) is 24.8 Å². The van der Waals surface area contributed by atoms with E-state index in [1.165, 1.54) is 32.1 Å². The highest BCUT2D eigenvalue weighted by atomic mass is 35.5. The zero-order valence-electron chi connectivity index (χ0n) is 14.8. The summed E-state index contributed by atoms with van der Waals surface area (Å²) in [5.74, 6) is 0.860. The lowest BCUT2D eigenvalue weighted by atomic mass is 9.89. The van der Waals surface area contributed by atoms with E-state index in [1.807, 2.05) is 6.20 Å². The Labute approximate surface area is 167 Å². The van der Waals surface area contributed by atoms with Crippen LogP contribution in [0.1, 0.15) is 37.8 Å². The molecule has 3 aromatic rings. The van der Waals surface area contributed by atoms with E-state index < -0.39 is 0 Å². The topological polar surface area (TPSA) is 53.6 Å². The van der Waals surface area contributed by atoms with Crippen molar-refractivity contribution in [3.05, 3.63) is 48.5 Å². The Morgan fingerprint density at radius 3 is 2.54 bits per heavy atom. The van der Waals surface area contributed by atoms with Gasteiger partial charge in [-0.3, -0.25) is 4.98 Å². The van der Waals surface area contributed by atoms with Crippen LogP contribution in [0.15, 0.2) is 42.9 Å². The number of fused-ring (bicyclic) bond motifs is 1. The summed E-state index contributed by atoms with van der Waals surface area (Å²) < 4.78 is 0. The summed E-state index contributed by atoms with van der Waals surface area (Å²) in [5, 5.41) is 3.57. The lowest BCUT2D eigenvalue weighted by Crippen LogP contribution is -2.24. The lowest BCUT2D eigenvalue weighted by molar-refractivity contribution is 0.341. The van der Waals surface area contributed by atoms with Gasteiger partial charge < -0.3 is 10.3 Å². The maximum Gasteiger partial charge on any atom is 0.0931 e. The van der Waals surface area contributed by atoms with Crippen LogP contribution in [0, 0.1) is 5.92 Å². The van der Waals surface area contributed by atoms with Crippen molar-refractivity contribution in [2.45, 2.75) is 38.6 Å². The summed E-state index contributed by atoms with van der Waals surface area (Å²) in [6.07, 6.45) is 10.7. The molecule has 0 unspecified atom stereocenters. The van der Waals surface area contributed by atoms with E-state index in [1.54, 1.807) is 6.33 Å². The fraction of sp³-hybridized carbons (Fsp3) is 0.400. The molecule has 1 aliphatic rings. The third-order valence-electron chi connectivity index (χ3n) is 5.04. The molecule has 6 heteroatoms. The Morgan fingerprint density at radius 1 is 0.962 bits per heavy atom. The third-order valence-corrected chi connectivity index (χ3v) is 5.04. The van der Waals surface area contributed by atoms with E-state index >= 15 is 0 Å². The molecule has 0 amide bonds. The highest BCUT2D eigenvalue weighted by molar-refractivity contribution is 5.85. The van der Waals surface area contributed by atoms with Crippen LogP contribution in [0.25, 0.3) is 22.2 Å². The van der Waals surface area contributed by atoms with Gasteiger partial charge in [-0.25, -0.2) is 4.98 Å². The van der Waals surface area contributed by atoms with Gasteiger partial charge in [0, 0.05) is 18.3 Å². The molecule has 4 nitrogen and oxygen atoms in total. The van der Waals surface area contributed by atoms with Gasteiger partial charge in [0.1, 0.15) is 0 Å². The van der Waals surface area contributed by atoms with Crippen LogP contribution >= 0.6 is 24.8 Å². The van der Waals surface area contributed by atoms with Gasteiger partial charge in [-0.2, -0.15) is 0 Å². The fourth-order valence-electron chi connectivity index (χ4n) is 3.61. The summed E-state index contributed by atoms with van der Waals surface area (Å²) in [7, 11) is 0. The summed E-state index contributed by atoms with van der Waals surface area (Å²) in [6.45, 7) is 1.98. The number of nitrogens with zero attached hydrogens (tertiary/aromatic N) is 2. The number of hydrogen-bond acceptors (Lipinski definition) is 3. The second-order valence-corrected chi connectivity index (χ2v) is 6.81. The maximum atomic E-state index is 4.61. The molecule has 4 rings (SSSR count). The van der Waals surface area contributed by atoms with Gasteiger partial charge in [-0.05, 0) is 49.1 Å². The maximum absolute atomic E-state index is 4.61. The predicted octanol–water partition coefficient (Wildman–Crippen LogP) is 5.14. The van der Waals surface area contributed by atoms with Gasteiger partial charge in [0.05, 0.1) is 23.1 Å². The summed E-state index contributed by atoms with van der Waals surface area (Å²) in [6, 6.07) is 10.6. The first kappa shape index (κ1) is 20.7. The third kappa shape index (κ3) is 4.97. The number of H-pyrrole nitrogens is 1. The fourth-order valence-corrected chi connectivity index (χ4v) is 3.61. The average molecular weight is 393 g/mol. The van der Waals surface area contributed by atoms with Crippen LogP contribution in [0.2, 0.25) is 0 Å². The van der Waals surface area contributed by atoms with Crippen molar-refractivity contribution < 1.29 is 0 Å². The second kappa shape index (κ2) is 9.91. The van der Waals surface area contributed by atoms with Gasteiger partial charge >= 0.3 is 0 Å². The molecule has 1 aliphatic carbocycles. The van der Waals surface area contributed by atoms with Crippen LogP contribution in [-0.2, 0) is 6.54 Å². The van der Waals surface area contributed by atoms with Crippen LogP contribution in [0.3, 0.4) is 0 Å². The molecule has 0 aliphatic heterocycles. The van der Waals surface area contributed by atoms with Crippen LogP contribution in [0.5, 0.6) is 0 Å². The number of halogens is 2. The summed E-state index contributed by atoms with van der Waals surface area (Å²) in [4.78, 5) is 12.1. The Balaban J connectivity index is 0.00000121. The first-order valence-corrected chi connectivity index (χ1v) is 8.98. The molecular weight excluding hydrogens is 367 g/mol. The number of pyridine rings is 1.